The van der Waals surface area contributed by atoms with Crippen LogP contribution in [-0.2, 0) is 19.1 Å². The van der Waals surface area contributed by atoms with Gasteiger partial charge in [0.25, 0.3) is 5.91 Å². The van der Waals surface area contributed by atoms with Gasteiger partial charge in [0.2, 0.25) is 0 Å². The number of ether oxygens (including phenoxy) is 4. The summed E-state index contributed by atoms with van der Waals surface area (Å²) >= 11 is 6.17. The maximum atomic E-state index is 12.0. The van der Waals surface area contributed by atoms with Gasteiger partial charge in [-0.25, -0.2) is 9.59 Å². The van der Waals surface area contributed by atoms with Crippen molar-refractivity contribution in [1.29, 1.82) is 0 Å². The number of amides is 1. The van der Waals surface area contributed by atoms with E-state index in [1.807, 2.05) is 6.92 Å². The summed E-state index contributed by atoms with van der Waals surface area (Å²) in [7, 11) is 2.74. The molecule has 0 fully saturated rings. The monoisotopic (exact) mass is 447 g/mol. The Hall–Kier alpha value is -3.52. The van der Waals surface area contributed by atoms with Crippen molar-refractivity contribution in [3.63, 3.8) is 0 Å². The second kappa shape index (κ2) is 11.6. The topological polar surface area (TPSA) is 100 Å². The minimum absolute atomic E-state index is 0.282. The second-order valence-corrected chi connectivity index (χ2v) is 6.44. The van der Waals surface area contributed by atoms with Gasteiger partial charge in [0.1, 0.15) is 0 Å². The Labute approximate surface area is 184 Å². The molecule has 0 aliphatic carbocycles. The lowest BCUT2D eigenvalue weighted by Gasteiger charge is -2.11. The van der Waals surface area contributed by atoms with E-state index in [0.717, 1.165) is 0 Å². The molecule has 0 unspecified atom stereocenters. The maximum absolute atomic E-state index is 12.0. The van der Waals surface area contributed by atoms with E-state index in [4.69, 9.17) is 25.8 Å². The minimum Gasteiger partial charge on any atom is -0.491 e. The molecule has 0 atom stereocenters. The quantitative estimate of drug-likeness (QED) is 0.461. The smallest absolute Gasteiger partial charge is 0.337 e. The summed E-state index contributed by atoms with van der Waals surface area (Å²) in [4.78, 5) is 35.5. The van der Waals surface area contributed by atoms with Gasteiger partial charge in [0.05, 0.1) is 31.4 Å². The van der Waals surface area contributed by atoms with Crippen LogP contribution in [-0.4, -0.2) is 45.3 Å². The molecule has 1 N–H and O–H groups in total. The predicted molar refractivity (Wildman–Crippen MR) is 116 cm³/mol. The van der Waals surface area contributed by atoms with Crippen molar-refractivity contribution in [3.05, 3.63) is 58.6 Å². The van der Waals surface area contributed by atoms with Crippen molar-refractivity contribution < 1.29 is 33.3 Å². The van der Waals surface area contributed by atoms with Crippen molar-refractivity contribution in [2.45, 2.75) is 6.92 Å². The fourth-order valence-electron chi connectivity index (χ4n) is 2.53. The molecule has 2 aromatic carbocycles. The third-order valence-electron chi connectivity index (χ3n) is 3.86. The molecule has 2 rings (SSSR count). The van der Waals surface area contributed by atoms with Crippen LogP contribution in [0.15, 0.2) is 42.5 Å². The number of nitrogens with one attached hydrogen (secondary N) is 1. The Bertz CT molecular complexity index is 988. The second-order valence-electron chi connectivity index (χ2n) is 6.03. The third-order valence-corrected chi connectivity index (χ3v) is 4.14. The number of carbonyl (C=O) groups excluding carboxylic acids is 3. The van der Waals surface area contributed by atoms with E-state index in [9.17, 15) is 14.4 Å². The number of carbonyl (C=O) groups is 3. The molecule has 164 valence electrons. The zero-order valence-electron chi connectivity index (χ0n) is 17.3. The van der Waals surface area contributed by atoms with Gasteiger partial charge in [-0.2, -0.15) is 0 Å². The molecular weight excluding hydrogens is 426 g/mol. The van der Waals surface area contributed by atoms with Crippen LogP contribution < -0.4 is 14.8 Å². The van der Waals surface area contributed by atoms with Crippen molar-refractivity contribution >= 4 is 41.2 Å². The van der Waals surface area contributed by atoms with Gasteiger partial charge in [-0.05, 0) is 48.9 Å². The van der Waals surface area contributed by atoms with Gasteiger partial charge in [-0.3, -0.25) is 4.79 Å². The summed E-state index contributed by atoms with van der Waals surface area (Å²) in [5, 5.41) is 2.86. The molecule has 0 saturated heterocycles. The Kier molecular flexibility index (Phi) is 8.90. The maximum Gasteiger partial charge on any atom is 0.337 e. The first kappa shape index (κ1) is 23.8. The van der Waals surface area contributed by atoms with Crippen LogP contribution in [0.25, 0.3) is 6.08 Å². The van der Waals surface area contributed by atoms with E-state index in [1.165, 1.54) is 32.4 Å². The number of hydrogen-bond donors (Lipinski definition) is 1. The molecule has 0 aromatic heterocycles. The van der Waals surface area contributed by atoms with Gasteiger partial charge >= 0.3 is 11.9 Å². The first-order valence-electron chi connectivity index (χ1n) is 9.21. The van der Waals surface area contributed by atoms with Crippen molar-refractivity contribution in [2.24, 2.45) is 0 Å². The third kappa shape index (κ3) is 7.04. The molecule has 0 aliphatic rings. The summed E-state index contributed by atoms with van der Waals surface area (Å²) in [5.41, 5.74) is 1.25. The molecule has 0 spiro atoms. The van der Waals surface area contributed by atoms with Gasteiger partial charge in [-0.1, -0.05) is 17.7 Å². The summed E-state index contributed by atoms with van der Waals surface area (Å²) < 4.78 is 20.2. The number of benzene rings is 2. The number of methoxy groups -OCH3 is 2. The highest BCUT2D eigenvalue weighted by Gasteiger charge is 2.12. The molecule has 0 heterocycles. The van der Waals surface area contributed by atoms with Crippen LogP contribution in [0, 0.1) is 0 Å². The molecule has 8 nitrogen and oxygen atoms in total. The number of hydrogen-bond acceptors (Lipinski definition) is 7. The van der Waals surface area contributed by atoms with Crippen molar-refractivity contribution in [1.82, 2.24) is 0 Å². The van der Waals surface area contributed by atoms with Gasteiger partial charge in [0.15, 0.2) is 18.1 Å². The molecule has 9 heteroatoms. The summed E-state index contributed by atoms with van der Waals surface area (Å²) in [6, 6.07) is 9.46. The van der Waals surface area contributed by atoms with Crippen LogP contribution in [0.1, 0.15) is 22.8 Å². The fraction of sp³-hybridized carbons (Fsp3) is 0.227. The molecular formula is C22H22ClNO7. The lowest BCUT2D eigenvalue weighted by molar-refractivity contribution is -0.142. The fourth-order valence-corrected chi connectivity index (χ4v) is 2.83. The molecule has 0 bridgehead atoms. The normalized spacial score (nSPS) is 10.5. The van der Waals surface area contributed by atoms with E-state index >= 15 is 0 Å². The van der Waals surface area contributed by atoms with E-state index in [1.54, 1.807) is 30.3 Å². The van der Waals surface area contributed by atoms with Crippen LogP contribution in [0.4, 0.5) is 5.69 Å². The van der Waals surface area contributed by atoms with Crippen molar-refractivity contribution in [3.8, 4) is 11.5 Å². The van der Waals surface area contributed by atoms with E-state index in [0.29, 0.717) is 34.4 Å². The van der Waals surface area contributed by atoms with E-state index in [-0.39, 0.29) is 5.56 Å². The summed E-state index contributed by atoms with van der Waals surface area (Å²) in [6.45, 7) is 1.74. The van der Waals surface area contributed by atoms with Gasteiger partial charge in [-0.15, -0.1) is 0 Å². The molecule has 2 aromatic rings. The highest BCUT2D eigenvalue weighted by Crippen LogP contribution is 2.36. The Balaban J connectivity index is 1.94. The van der Waals surface area contributed by atoms with Crippen LogP contribution in [0.5, 0.6) is 11.5 Å². The zero-order chi connectivity index (χ0) is 22.8. The summed E-state index contributed by atoms with van der Waals surface area (Å²) in [6.07, 6.45) is 2.65. The molecule has 0 saturated carbocycles. The Morgan fingerprint density at radius 3 is 2.58 bits per heavy atom. The van der Waals surface area contributed by atoms with Gasteiger partial charge < -0.3 is 24.3 Å². The summed E-state index contributed by atoms with van der Waals surface area (Å²) in [5.74, 6) is -0.965. The van der Waals surface area contributed by atoms with Gasteiger partial charge in [0, 0.05) is 11.8 Å². The number of halogens is 1. The minimum atomic E-state index is -0.719. The standard InChI is InChI=1S/C22H22ClNO7/c1-4-30-18-11-14(10-17(23)21(18)28-2)8-9-20(26)31-13-19(25)24-16-7-5-6-15(12-16)22(27)29-3/h5-12H,4,13H2,1-3H3,(H,24,25)/b9-8+. The Morgan fingerprint density at radius 1 is 1.13 bits per heavy atom. The average Bonchev–Trinajstić information content (AvgIpc) is 2.76. The first-order valence-corrected chi connectivity index (χ1v) is 9.59. The highest BCUT2D eigenvalue weighted by molar-refractivity contribution is 6.32. The predicted octanol–water partition coefficient (Wildman–Crippen LogP) is 3.73. The van der Waals surface area contributed by atoms with Crippen LogP contribution in [0.3, 0.4) is 0 Å². The van der Waals surface area contributed by atoms with E-state index < -0.39 is 24.5 Å². The SMILES string of the molecule is CCOc1cc(/C=C/C(=O)OCC(=O)Nc2cccc(C(=O)OC)c2)cc(Cl)c1OC. The largest absolute Gasteiger partial charge is 0.491 e. The highest BCUT2D eigenvalue weighted by atomic mass is 35.5. The molecule has 1 amide bonds. The molecule has 31 heavy (non-hydrogen) atoms. The number of anilines is 1. The number of esters is 2. The lowest BCUT2D eigenvalue weighted by atomic mass is 10.2. The lowest BCUT2D eigenvalue weighted by Crippen LogP contribution is -2.20. The zero-order valence-corrected chi connectivity index (χ0v) is 18.0. The van der Waals surface area contributed by atoms with Crippen LogP contribution in [0.2, 0.25) is 5.02 Å². The Morgan fingerprint density at radius 2 is 1.90 bits per heavy atom. The molecule has 0 aliphatic heterocycles. The average molecular weight is 448 g/mol. The van der Waals surface area contributed by atoms with Crippen molar-refractivity contribution in [2.75, 3.05) is 32.8 Å². The van der Waals surface area contributed by atoms with E-state index in [2.05, 4.69) is 10.1 Å². The number of rotatable bonds is 9. The first-order chi connectivity index (χ1) is 14.9. The van der Waals surface area contributed by atoms with Crippen LogP contribution >= 0.6 is 11.6 Å². The molecule has 0 radical (unpaired) electrons.